The van der Waals surface area contributed by atoms with Crippen molar-refractivity contribution >= 4 is 56.6 Å². The number of halogens is 2. The van der Waals surface area contributed by atoms with E-state index in [-0.39, 0.29) is 18.9 Å². The van der Waals surface area contributed by atoms with Gasteiger partial charge in [0.05, 0.1) is 11.9 Å². The quantitative estimate of drug-likeness (QED) is 0.432. The number of rotatable bonds is 11. The summed E-state index contributed by atoms with van der Waals surface area (Å²) in [5.41, 5.74) is 1.48. The fraction of sp³-hybridized carbons (Fsp3) is 0.409. The van der Waals surface area contributed by atoms with Crippen molar-refractivity contribution in [3.8, 4) is 11.5 Å². The van der Waals surface area contributed by atoms with E-state index in [0.717, 1.165) is 23.3 Å². The van der Waals surface area contributed by atoms with Crippen LogP contribution in [-0.4, -0.2) is 52.6 Å². The van der Waals surface area contributed by atoms with Gasteiger partial charge in [-0.1, -0.05) is 29.3 Å². The molecule has 0 saturated carbocycles. The topological polar surface area (TPSA) is 84.9 Å². The maximum absolute atomic E-state index is 12.3. The minimum Gasteiger partial charge on any atom is -0.486 e. The molecule has 180 valence electrons. The highest BCUT2D eigenvalue weighted by atomic mass is 35.5. The molecule has 2 aromatic rings. The van der Waals surface area contributed by atoms with Crippen LogP contribution in [0.2, 0.25) is 10.0 Å². The Kier molecular flexibility index (Phi) is 9.43. The summed E-state index contributed by atoms with van der Waals surface area (Å²) in [6.45, 7) is 1.59. The van der Waals surface area contributed by atoms with Crippen molar-refractivity contribution in [3.63, 3.8) is 0 Å². The van der Waals surface area contributed by atoms with Gasteiger partial charge < -0.3 is 14.8 Å². The molecule has 1 aliphatic rings. The Morgan fingerprint density at radius 1 is 1.12 bits per heavy atom. The average molecular weight is 533 g/mol. The van der Waals surface area contributed by atoms with Gasteiger partial charge in [0, 0.05) is 47.1 Å². The number of nitrogens with one attached hydrogen (secondary N) is 1. The number of carbonyl (C=O) groups excluding carboxylic acids is 1. The van der Waals surface area contributed by atoms with Crippen LogP contribution in [0.5, 0.6) is 11.5 Å². The van der Waals surface area contributed by atoms with Crippen LogP contribution in [0, 0.1) is 0 Å². The summed E-state index contributed by atoms with van der Waals surface area (Å²) < 4.78 is 36.9. The van der Waals surface area contributed by atoms with E-state index in [1.165, 1.54) is 4.31 Å². The Bertz CT molecular complexity index is 1080. The maximum atomic E-state index is 12.3. The third-order valence-corrected chi connectivity index (χ3v) is 7.61. The fourth-order valence-corrected chi connectivity index (χ4v) is 5.60. The molecule has 0 radical (unpaired) electrons. The zero-order valence-electron chi connectivity index (χ0n) is 18.2. The zero-order valence-corrected chi connectivity index (χ0v) is 21.3. The van der Waals surface area contributed by atoms with Crippen LogP contribution >= 0.6 is 35.0 Å². The lowest BCUT2D eigenvalue weighted by atomic mass is 10.2. The summed E-state index contributed by atoms with van der Waals surface area (Å²) in [5, 5.41) is 4.10. The zero-order chi connectivity index (χ0) is 23.8. The summed E-state index contributed by atoms with van der Waals surface area (Å²) in [6.07, 6.45) is 1.76. The molecule has 0 fully saturated rings. The first-order valence-electron chi connectivity index (χ1n) is 10.4. The minimum absolute atomic E-state index is 0.115. The summed E-state index contributed by atoms with van der Waals surface area (Å²) in [5.74, 6) is 2.45. The molecule has 0 atom stereocenters. The Labute approximate surface area is 208 Å². The number of nitrogens with zero attached hydrogens (tertiary/aromatic N) is 1. The minimum atomic E-state index is -3.52. The van der Waals surface area contributed by atoms with Crippen LogP contribution < -0.4 is 19.1 Å². The SMILES string of the molecule is CS(=O)(=O)N(CCCC(=O)NCCSCc1ccc(Cl)cc1Cl)c1ccc2c(c1)OCCO2. The van der Waals surface area contributed by atoms with Gasteiger partial charge in [0.15, 0.2) is 11.5 Å². The number of carbonyl (C=O) groups is 1. The number of sulfonamides is 1. The molecule has 33 heavy (non-hydrogen) atoms. The van der Waals surface area contributed by atoms with Crippen molar-refractivity contribution in [2.75, 3.05) is 42.6 Å². The molecule has 0 spiro atoms. The molecule has 0 aromatic heterocycles. The van der Waals surface area contributed by atoms with Gasteiger partial charge >= 0.3 is 0 Å². The third-order valence-electron chi connectivity index (χ3n) is 4.82. The highest BCUT2D eigenvalue weighted by Crippen LogP contribution is 2.34. The Balaban J connectivity index is 1.41. The van der Waals surface area contributed by atoms with Crippen molar-refractivity contribution in [1.29, 1.82) is 0 Å². The number of hydrogen-bond donors (Lipinski definition) is 1. The van der Waals surface area contributed by atoms with Gasteiger partial charge in [-0.15, -0.1) is 0 Å². The third kappa shape index (κ3) is 7.88. The van der Waals surface area contributed by atoms with Crippen LogP contribution in [-0.2, 0) is 20.6 Å². The molecule has 0 bridgehead atoms. The highest BCUT2D eigenvalue weighted by molar-refractivity contribution is 7.98. The molecule has 2 aromatic carbocycles. The molecule has 7 nitrogen and oxygen atoms in total. The summed E-state index contributed by atoms with van der Waals surface area (Å²) in [4.78, 5) is 12.2. The molecule has 0 aliphatic carbocycles. The van der Waals surface area contributed by atoms with E-state index in [1.807, 2.05) is 6.07 Å². The van der Waals surface area contributed by atoms with Crippen molar-refractivity contribution in [2.45, 2.75) is 18.6 Å². The number of amides is 1. The number of fused-ring (bicyclic) bond motifs is 1. The van der Waals surface area contributed by atoms with Crippen molar-refractivity contribution in [1.82, 2.24) is 5.32 Å². The molecule has 1 aliphatic heterocycles. The second kappa shape index (κ2) is 12.1. The molecule has 3 rings (SSSR count). The second-order valence-electron chi connectivity index (χ2n) is 7.40. The summed E-state index contributed by atoms with van der Waals surface area (Å²) in [6, 6.07) is 10.4. The second-order valence-corrected chi connectivity index (χ2v) is 11.3. The normalized spacial score (nSPS) is 12.9. The Morgan fingerprint density at radius 3 is 2.61 bits per heavy atom. The van der Waals surface area contributed by atoms with Crippen LogP contribution in [0.4, 0.5) is 5.69 Å². The van der Waals surface area contributed by atoms with Crippen LogP contribution in [0.15, 0.2) is 36.4 Å². The van der Waals surface area contributed by atoms with E-state index in [2.05, 4.69) is 5.32 Å². The standard InChI is InChI=1S/C22H26Cl2N2O5S2/c1-33(28,29)26(18-6-7-20-21(14-18)31-11-10-30-20)9-2-3-22(27)25-8-12-32-15-16-4-5-17(23)13-19(16)24/h4-7,13-14H,2-3,8-12,15H2,1H3,(H,25,27). The highest BCUT2D eigenvalue weighted by Gasteiger charge is 2.21. The molecule has 1 N–H and O–H groups in total. The molecular formula is C22H26Cl2N2O5S2. The van der Waals surface area contributed by atoms with Gasteiger partial charge in [-0.05, 0) is 36.2 Å². The van der Waals surface area contributed by atoms with Gasteiger partial charge in [0.1, 0.15) is 13.2 Å². The van der Waals surface area contributed by atoms with Crippen LogP contribution in [0.3, 0.4) is 0 Å². The Morgan fingerprint density at radius 2 is 1.88 bits per heavy atom. The molecule has 0 saturated heterocycles. The molecular weight excluding hydrogens is 507 g/mol. The van der Waals surface area contributed by atoms with E-state index in [0.29, 0.717) is 53.4 Å². The van der Waals surface area contributed by atoms with E-state index < -0.39 is 10.0 Å². The van der Waals surface area contributed by atoms with Crippen molar-refractivity contribution in [3.05, 3.63) is 52.0 Å². The molecule has 1 amide bonds. The van der Waals surface area contributed by atoms with Gasteiger partial charge in [-0.2, -0.15) is 11.8 Å². The number of benzene rings is 2. The molecule has 0 unspecified atom stereocenters. The first kappa shape index (κ1) is 25.8. The maximum Gasteiger partial charge on any atom is 0.232 e. The first-order chi connectivity index (χ1) is 15.7. The summed E-state index contributed by atoms with van der Waals surface area (Å²) in [7, 11) is -3.52. The van der Waals surface area contributed by atoms with E-state index in [4.69, 9.17) is 32.7 Å². The lowest BCUT2D eigenvalue weighted by Gasteiger charge is -2.25. The molecule has 1 heterocycles. The van der Waals surface area contributed by atoms with Gasteiger partial charge in [0.2, 0.25) is 15.9 Å². The lowest BCUT2D eigenvalue weighted by molar-refractivity contribution is -0.121. The molecule has 11 heteroatoms. The van der Waals surface area contributed by atoms with Crippen molar-refractivity contribution in [2.24, 2.45) is 0 Å². The van der Waals surface area contributed by atoms with Crippen molar-refractivity contribution < 1.29 is 22.7 Å². The average Bonchev–Trinajstić information content (AvgIpc) is 2.76. The van der Waals surface area contributed by atoms with Gasteiger partial charge in [-0.25, -0.2) is 8.42 Å². The number of anilines is 1. The number of hydrogen-bond acceptors (Lipinski definition) is 6. The van der Waals surface area contributed by atoms with Crippen LogP contribution in [0.25, 0.3) is 0 Å². The van der Waals surface area contributed by atoms with Gasteiger partial charge in [-0.3, -0.25) is 9.10 Å². The monoisotopic (exact) mass is 532 g/mol. The Hall–Kier alpha value is -1.81. The van der Waals surface area contributed by atoms with E-state index in [1.54, 1.807) is 42.1 Å². The fourth-order valence-electron chi connectivity index (χ4n) is 3.23. The number of thioether (sulfide) groups is 1. The summed E-state index contributed by atoms with van der Waals surface area (Å²) >= 11 is 13.7. The predicted molar refractivity (Wildman–Crippen MR) is 134 cm³/mol. The lowest BCUT2D eigenvalue weighted by Crippen LogP contribution is -2.32. The van der Waals surface area contributed by atoms with E-state index >= 15 is 0 Å². The largest absolute Gasteiger partial charge is 0.486 e. The van der Waals surface area contributed by atoms with E-state index in [9.17, 15) is 13.2 Å². The first-order valence-corrected chi connectivity index (χ1v) is 14.2. The predicted octanol–water partition coefficient (Wildman–Crippen LogP) is 4.36. The van der Waals surface area contributed by atoms with Gasteiger partial charge in [0.25, 0.3) is 0 Å². The number of ether oxygens (including phenoxy) is 2. The smallest absolute Gasteiger partial charge is 0.232 e. The van der Waals surface area contributed by atoms with Crippen LogP contribution in [0.1, 0.15) is 18.4 Å².